The number of hydrogen-bond acceptors (Lipinski definition) is 2. The van der Waals surface area contributed by atoms with Crippen molar-refractivity contribution in [2.24, 2.45) is 0 Å². The molecule has 0 aliphatic rings. The first-order chi connectivity index (χ1) is 5.88. The van der Waals surface area contributed by atoms with Gasteiger partial charge in [0.1, 0.15) is 5.69 Å². The maximum Gasteiger partial charge on any atom is 0.159 e. The van der Waals surface area contributed by atoms with Crippen LogP contribution in [-0.4, -0.2) is 14.9 Å². The van der Waals surface area contributed by atoms with Crippen molar-refractivity contribution in [2.45, 2.75) is 46.6 Å². The minimum atomic E-state index is -0.0605. The zero-order valence-corrected chi connectivity index (χ0v) is 9.05. The largest absolute Gasteiger partial charge is 0.504 e. The molecule has 0 unspecified atom stereocenters. The number of hydrogen-bond donors (Lipinski definition) is 1. The molecule has 13 heavy (non-hydrogen) atoms. The lowest BCUT2D eigenvalue weighted by molar-refractivity contribution is 0.343. The first-order valence-corrected chi connectivity index (χ1v) is 4.66. The molecule has 0 radical (unpaired) electrons. The van der Waals surface area contributed by atoms with Crippen LogP contribution in [0.2, 0.25) is 0 Å². The van der Waals surface area contributed by atoms with Gasteiger partial charge in [-0.25, -0.2) is 0 Å². The Hall–Kier alpha value is -0.990. The van der Waals surface area contributed by atoms with Crippen LogP contribution in [0.4, 0.5) is 0 Å². The van der Waals surface area contributed by atoms with Crippen molar-refractivity contribution in [3.05, 3.63) is 11.4 Å². The van der Waals surface area contributed by atoms with Gasteiger partial charge in [-0.1, -0.05) is 6.92 Å². The van der Waals surface area contributed by atoms with Crippen LogP contribution in [0, 0.1) is 6.92 Å². The molecule has 1 N–H and O–H groups in total. The highest BCUT2D eigenvalue weighted by molar-refractivity contribution is 5.31. The molecule has 0 saturated carbocycles. The van der Waals surface area contributed by atoms with Gasteiger partial charge in [0.05, 0.1) is 11.2 Å². The second-order valence-electron chi connectivity index (χ2n) is 4.32. The first kappa shape index (κ1) is 10.1. The van der Waals surface area contributed by atoms with Crippen molar-refractivity contribution in [3.63, 3.8) is 0 Å². The van der Waals surface area contributed by atoms with Crippen LogP contribution in [-0.2, 0) is 12.0 Å². The Bertz CT molecular complexity index is 307. The Labute approximate surface area is 79.4 Å². The summed E-state index contributed by atoms with van der Waals surface area (Å²) >= 11 is 0. The third-order valence-electron chi connectivity index (χ3n) is 2.12. The van der Waals surface area contributed by atoms with Gasteiger partial charge in [-0.15, -0.1) is 0 Å². The topological polar surface area (TPSA) is 38.0 Å². The maximum atomic E-state index is 9.70. The summed E-state index contributed by atoms with van der Waals surface area (Å²) in [5.41, 5.74) is 1.58. The summed E-state index contributed by atoms with van der Waals surface area (Å²) in [5.74, 6) is 0.345. The molecule has 3 nitrogen and oxygen atoms in total. The Balaban J connectivity index is 3.25. The van der Waals surface area contributed by atoms with E-state index in [-0.39, 0.29) is 5.54 Å². The summed E-state index contributed by atoms with van der Waals surface area (Å²) in [7, 11) is 0. The number of aromatic nitrogens is 2. The lowest BCUT2D eigenvalue weighted by Crippen LogP contribution is -2.24. The van der Waals surface area contributed by atoms with Crippen molar-refractivity contribution >= 4 is 0 Å². The summed E-state index contributed by atoms with van der Waals surface area (Å²) in [6, 6.07) is 0. The molecule has 1 aromatic rings. The van der Waals surface area contributed by atoms with Gasteiger partial charge >= 0.3 is 0 Å². The van der Waals surface area contributed by atoms with Crippen LogP contribution >= 0.6 is 0 Å². The van der Waals surface area contributed by atoms with Crippen LogP contribution < -0.4 is 0 Å². The molecule has 0 aliphatic carbocycles. The van der Waals surface area contributed by atoms with Crippen LogP contribution in [0.1, 0.15) is 39.1 Å². The highest BCUT2D eigenvalue weighted by atomic mass is 16.3. The van der Waals surface area contributed by atoms with E-state index in [2.05, 4.69) is 25.9 Å². The third kappa shape index (κ3) is 1.69. The van der Waals surface area contributed by atoms with Crippen LogP contribution in [0.15, 0.2) is 0 Å². The van der Waals surface area contributed by atoms with Gasteiger partial charge in [0.2, 0.25) is 0 Å². The standard InChI is InChI=1S/C10H18N2O/c1-6-8-9(13)7(2)12(11-8)10(3,4)5/h13H,6H2,1-5H3. The smallest absolute Gasteiger partial charge is 0.159 e. The fourth-order valence-corrected chi connectivity index (χ4v) is 1.44. The van der Waals surface area contributed by atoms with E-state index >= 15 is 0 Å². The number of aryl methyl sites for hydroxylation is 1. The van der Waals surface area contributed by atoms with Gasteiger partial charge < -0.3 is 5.11 Å². The Morgan fingerprint density at radius 1 is 1.38 bits per heavy atom. The van der Waals surface area contributed by atoms with E-state index in [4.69, 9.17) is 0 Å². The molecule has 0 bridgehead atoms. The van der Waals surface area contributed by atoms with Crippen molar-refractivity contribution < 1.29 is 5.11 Å². The van der Waals surface area contributed by atoms with E-state index in [1.807, 2.05) is 18.5 Å². The molecule has 1 aromatic heterocycles. The summed E-state index contributed by atoms with van der Waals surface area (Å²) in [6.07, 6.45) is 0.774. The van der Waals surface area contributed by atoms with Gasteiger partial charge in [0, 0.05) is 0 Å². The summed E-state index contributed by atoms with van der Waals surface area (Å²) in [4.78, 5) is 0. The second kappa shape index (κ2) is 3.05. The fraction of sp³-hybridized carbons (Fsp3) is 0.700. The quantitative estimate of drug-likeness (QED) is 0.723. The maximum absolute atomic E-state index is 9.70. The molecule has 0 spiro atoms. The van der Waals surface area contributed by atoms with E-state index in [1.165, 1.54) is 0 Å². The fourth-order valence-electron chi connectivity index (χ4n) is 1.44. The predicted octanol–water partition coefficient (Wildman–Crippen LogP) is 2.21. The lowest BCUT2D eigenvalue weighted by atomic mass is 10.1. The van der Waals surface area contributed by atoms with Crippen LogP contribution in [0.5, 0.6) is 5.75 Å². The summed E-state index contributed by atoms with van der Waals surface area (Å²) in [6.45, 7) is 10.1. The second-order valence-corrected chi connectivity index (χ2v) is 4.32. The molecule has 0 aromatic carbocycles. The number of rotatable bonds is 1. The highest BCUT2D eigenvalue weighted by Crippen LogP contribution is 2.26. The SMILES string of the molecule is CCc1nn(C(C)(C)C)c(C)c1O. The molecule has 0 aliphatic heterocycles. The van der Waals surface area contributed by atoms with Gasteiger partial charge in [0.25, 0.3) is 0 Å². The molecular formula is C10H18N2O. The van der Waals surface area contributed by atoms with Crippen molar-refractivity contribution in [2.75, 3.05) is 0 Å². The van der Waals surface area contributed by atoms with Crippen molar-refractivity contribution in [1.82, 2.24) is 9.78 Å². The molecule has 0 saturated heterocycles. The van der Waals surface area contributed by atoms with Crippen molar-refractivity contribution in [1.29, 1.82) is 0 Å². The monoisotopic (exact) mass is 182 g/mol. The summed E-state index contributed by atoms with van der Waals surface area (Å²) < 4.78 is 1.88. The van der Waals surface area contributed by atoms with E-state index in [1.54, 1.807) is 0 Å². The zero-order chi connectivity index (χ0) is 10.2. The van der Waals surface area contributed by atoms with Gasteiger partial charge in [-0.2, -0.15) is 5.10 Å². The minimum absolute atomic E-state index is 0.0605. The minimum Gasteiger partial charge on any atom is -0.504 e. The lowest BCUT2D eigenvalue weighted by Gasteiger charge is -2.20. The molecule has 3 heteroatoms. The molecule has 0 amide bonds. The number of nitrogens with zero attached hydrogens (tertiary/aromatic N) is 2. The molecule has 74 valence electrons. The number of aromatic hydroxyl groups is 1. The molecule has 0 atom stereocenters. The molecule has 0 fully saturated rings. The van der Waals surface area contributed by atoms with E-state index in [0.717, 1.165) is 17.8 Å². The van der Waals surface area contributed by atoms with E-state index in [0.29, 0.717) is 5.75 Å². The average molecular weight is 182 g/mol. The average Bonchev–Trinajstić information content (AvgIpc) is 2.28. The normalized spacial score (nSPS) is 12.1. The highest BCUT2D eigenvalue weighted by Gasteiger charge is 2.20. The van der Waals surface area contributed by atoms with Gasteiger partial charge in [0.15, 0.2) is 5.75 Å². The van der Waals surface area contributed by atoms with Crippen molar-refractivity contribution in [3.8, 4) is 5.75 Å². The van der Waals surface area contributed by atoms with E-state index in [9.17, 15) is 5.11 Å². The Kier molecular flexibility index (Phi) is 2.37. The molecular weight excluding hydrogens is 164 g/mol. The predicted molar refractivity (Wildman–Crippen MR) is 53.0 cm³/mol. The van der Waals surface area contributed by atoms with Crippen LogP contribution in [0.25, 0.3) is 0 Å². The third-order valence-corrected chi connectivity index (χ3v) is 2.12. The first-order valence-electron chi connectivity index (χ1n) is 4.66. The van der Waals surface area contributed by atoms with Crippen LogP contribution in [0.3, 0.4) is 0 Å². The Morgan fingerprint density at radius 2 is 1.92 bits per heavy atom. The van der Waals surface area contributed by atoms with Gasteiger partial charge in [-0.05, 0) is 34.1 Å². The molecule has 1 rings (SSSR count). The molecule has 1 heterocycles. The summed E-state index contributed by atoms with van der Waals surface area (Å²) in [5, 5.41) is 14.1. The Morgan fingerprint density at radius 3 is 2.15 bits per heavy atom. The van der Waals surface area contributed by atoms with E-state index < -0.39 is 0 Å². The van der Waals surface area contributed by atoms with Gasteiger partial charge in [-0.3, -0.25) is 4.68 Å². The zero-order valence-electron chi connectivity index (χ0n) is 9.05.